The highest BCUT2D eigenvalue weighted by Crippen LogP contribution is 2.29. The summed E-state index contributed by atoms with van der Waals surface area (Å²) in [5, 5.41) is 0. The molecule has 2 aromatic rings. The molecule has 0 bridgehead atoms. The Balaban J connectivity index is 1.78. The van der Waals surface area contributed by atoms with Gasteiger partial charge in [-0.2, -0.15) is 0 Å². The van der Waals surface area contributed by atoms with Crippen LogP contribution in [-0.2, 0) is 19.4 Å². The van der Waals surface area contributed by atoms with Crippen molar-refractivity contribution in [3.8, 4) is 5.75 Å². The van der Waals surface area contributed by atoms with E-state index in [9.17, 15) is 0 Å². The Bertz CT molecular complexity index is 605. The van der Waals surface area contributed by atoms with Crippen molar-refractivity contribution in [3.05, 3.63) is 46.9 Å². The van der Waals surface area contributed by atoms with Crippen LogP contribution in [0.2, 0.25) is 0 Å². The van der Waals surface area contributed by atoms with Gasteiger partial charge in [0.2, 0.25) is 0 Å². The average Bonchev–Trinajstić information content (AvgIpc) is 2.44. The van der Waals surface area contributed by atoms with Crippen LogP contribution in [0.5, 0.6) is 5.75 Å². The molecule has 104 valence electrons. The first-order chi connectivity index (χ1) is 9.72. The molecule has 1 aromatic carbocycles. The zero-order valence-electron chi connectivity index (χ0n) is 11.7. The molecular formula is C16H19N3O. The SMILES string of the molecule is Cc1cc(N)nc(COc2cccc3c2CCCC3)n1. The van der Waals surface area contributed by atoms with Crippen LogP contribution in [0.1, 0.15) is 35.5 Å². The van der Waals surface area contributed by atoms with Gasteiger partial charge in [0.05, 0.1) is 0 Å². The zero-order chi connectivity index (χ0) is 13.9. The lowest BCUT2D eigenvalue weighted by atomic mass is 9.91. The Morgan fingerprint density at radius 3 is 2.90 bits per heavy atom. The number of aryl methyl sites for hydroxylation is 2. The van der Waals surface area contributed by atoms with E-state index in [1.807, 2.05) is 13.0 Å². The van der Waals surface area contributed by atoms with Gasteiger partial charge in [-0.1, -0.05) is 12.1 Å². The Hall–Kier alpha value is -2.10. The van der Waals surface area contributed by atoms with E-state index in [4.69, 9.17) is 10.5 Å². The van der Waals surface area contributed by atoms with Gasteiger partial charge in [-0.25, -0.2) is 9.97 Å². The summed E-state index contributed by atoms with van der Waals surface area (Å²) in [7, 11) is 0. The molecule has 0 fully saturated rings. The third-order valence-corrected chi connectivity index (χ3v) is 3.63. The van der Waals surface area contributed by atoms with Crippen LogP contribution in [-0.4, -0.2) is 9.97 Å². The number of hydrogen-bond donors (Lipinski definition) is 1. The predicted molar refractivity (Wildman–Crippen MR) is 78.6 cm³/mol. The number of fused-ring (bicyclic) bond motifs is 1. The molecule has 0 aliphatic heterocycles. The second kappa shape index (κ2) is 5.49. The Morgan fingerprint density at radius 2 is 2.05 bits per heavy atom. The first-order valence-electron chi connectivity index (χ1n) is 7.06. The summed E-state index contributed by atoms with van der Waals surface area (Å²) in [6.07, 6.45) is 4.76. The zero-order valence-corrected chi connectivity index (χ0v) is 11.7. The second-order valence-electron chi connectivity index (χ2n) is 5.24. The van der Waals surface area contributed by atoms with Gasteiger partial charge in [0.15, 0.2) is 5.82 Å². The summed E-state index contributed by atoms with van der Waals surface area (Å²) in [5.74, 6) is 2.09. The lowest BCUT2D eigenvalue weighted by Gasteiger charge is -2.19. The van der Waals surface area contributed by atoms with Crippen molar-refractivity contribution >= 4 is 5.82 Å². The summed E-state index contributed by atoms with van der Waals surface area (Å²) < 4.78 is 5.92. The molecule has 1 heterocycles. The lowest BCUT2D eigenvalue weighted by Crippen LogP contribution is -2.09. The number of aromatic nitrogens is 2. The van der Waals surface area contributed by atoms with Crippen molar-refractivity contribution < 1.29 is 4.74 Å². The molecule has 1 aliphatic rings. The molecule has 0 saturated heterocycles. The highest BCUT2D eigenvalue weighted by atomic mass is 16.5. The largest absolute Gasteiger partial charge is 0.485 e. The van der Waals surface area contributed by atoms with Crippen LogP contribution in [0.15, 0.2) is 24.3 Å². The number of nitrogens with two attached hydrogens (primary N) is 1. The Morgan fingerprint density at radius 1 is 1.20 bits per heavy atom. The third-order valence-electron chi connectivity index (χ3n) is 3.63. The number of hydrogen-bond acceptors (Lipinski definition) is 4. The Kier molecular flexibility index (Phi) is 3.54. The number of benzene rings is 1. The molecule has 0 spiro atoms. The summed E-state index contributed by atoms with van der Waals surface area (Å²) in [5.41, 5.74) is 9.36. The van der Waals surface area contributed by atoms with Crippen molar-refractivity contribution in [2.75, 3.05) is 5.73 Å². The number of ether oxygens (including phenoxy) is 1. The topological polar surface area (TPSA) is 61.0 Å². The van der Waals surface area contributed by atoms with Gasteiger partial charge in [0, 0.05) is 11.8 Å². The second-order valence-corrected chi connectivity index (χ2v) is 5.24. The quantitative estimate of drug-likeness (QED) is 0.930. The van der Waals surface area contributed by atoms with Gasteiger partial charge in [0.25, 0.3) is 0 Å². The monoisotopic (exact) mass is 269 g/mol. The van der Waals surface area contributed by atoms with Crippen molar-refractivity contribution in [1.29, 1.82) is 0 Å². The maximum Gasteiger partial charge on any atom is 0.168 e. The Labute approximate surface area is 119 Å². The van der Waals surface area contributed by atoms with Gasteiger partial charge < -0.3 is 10.5 Å². The molecule has 0 unspecified atom stereocenters. The minimum absolute atomic E-state index is 0.363. The fraction of sp³-hybridized carbons (Fsp3) is 0.375. The fourth-order valence-corrected chi connectivity index (χ4v) is 2.74. The van der Waals surface area contributed by atoms with E-state index in [0.29, 0.717) is 18.2 Å². The van der Waals surface area contributed by atoms with Crippen LogP contribution in [0.25, 0.3) is 0 Å². The highest BCUT2D eigenvalue weighted by Gasteiger charge is 2.14. The van der Waals surface area contributed by atoms with Gasteiger partial charge in [-0.15, -0.1) is 0 Å². The summed E-state index contributed by atoms with van der Waals surface area (Å²) >= 11 is 0. The summed E-state index contributed by atoms with van der Waals surface area (Å²) in [6, 6.07) is 8.05. The van der Waals surface area contributed by atoms with Gasteiger partial charge in [-0.05, 0) is 49.8 Å². The first kappa shape index (κ1) is 12.9. The molecule has 4 heteroatoms. The number of nitrogen functional groups attached to an aromatic ring is 1. The molecule has 0 atom stereocenters. The van der Waals surface area contributed by atoms with Crippen LogP contribution >= 0.6 is 0 Å². The van der Waals surface area contributed by atoms with E-state index in [1.165, 1.54) is 24.0 Å². The lowest BCUT2D eigenvalue weighted by molar-refractivity contribution is 0.291. The van der Waals surface area contributed by atoms with Crippen molar-refractivity contribution in [1.82, 2.24) is 9.97 Å². The van der Waals surface area contributed by atoms with E-state index in [-0.39, 0.29) is 0 Å². The van der Waals surface area contributed by atoms with Crippen LogP contribution < -0.4 is 10.5 Å². The minimum Gasteiger partial charge on any atom is -0.485 e. The van der Waals surface area contributed by atoms with E-state index >= 15 is 0 Å². The van der Waals surface area contributed by atoms with Gasteiger partial charge >= 0.3 is 0 Å². The average molecular weight is 269 g/mol. The van der Waals surface area contributed by atoms with Crippen molar-refractivity contribution in [2.24, 2.45) is 0 Å². The third kappa shape index (κ3) is 2.74. The van der Waals surface area contributed by atoms with Gasteiger partial charge in [0.1, 0.15) is 18.2 Å². The molecule has 0 radical (unpaired) electrons. The van der Waals surface area contributed by atoms with Crippen LogP contribution in [0.4, 0.5) is 5.82 Å². The van der Waals surface area contributed by atoms with E-state index in [1.54, 1.807) is 6.07 Å². The molecule has 2 N–H and O–H groups in total. The van der Waals surface area contributed by atoms with Gasteiger partial charge in [-0.3, -0.25) is 0 Å². The van der Waals surface area contributed by atoms with Crippen molar-refractivity contribution in [2.45, 2.75) is 39.2 Å². The maximum absolute atomic E-state index is 5.92. The molecule has 1 aliphatic carbocycles. The predicted octanol–water partition coefficient (Wildman–Crippen LogP) is 2.83. The van der Waals surface area contributed by atoms with E-state index in [0.717, 1.165) is 24.3 Å². The maximum atomic E-state index is 5.92. The molecule has 0 saturated carbocycles. The highest BCUT2D eigenvalue weighted by molar-refractivity contribution is 5.41. The van der Waals surface area contributed by atoms with Crippen LogP contribution in [0.3, 0.4) is 0 Å². The van der Waals surface area contributed by atoms with E-state index < -0.39 is 0 Å². The van der Waals surface area contributed by atoms with Crippen LogP contribution in [0, 0.1) is 6.92 Å². The summed E-state index contributed by atoms with van der Waals surface area (Å²) in [6.45, 7) is 2.27. The molecule has 0 amide bonds. The number of rotatable bonds is 3. The smallest absolute Gasteiger partial charge is 0.168 e. The van der Waals surface area contributed by atoms with Crippen molar-refractivity contribution in [3.63, 3.8) is 0 Å². The molecule has 4 nitrogen and oxygen atoms in total. The molecular weight excluding hydrogens is 250 g/mol. The fourth-order valence-electron chi connectivity index (χ4n) is 2.74. The summed E-state index contributed by atoms with van der Waals surface area (Å²) in [4.78, 5) is 8.55. The molecule has 20 heavy (non-hydrogen) atoms. The minimum atomic E-state index is 0.363. The standard InChI is InChI=1S/C16H19N3O/c1-11-9-15(17)19-16(18-11)10-20-14-8-4-6-12-5-2-3-7-13(12)14/h4,6,8-9H,2-3,5,7,10H2,1H3,(H2,17,18,19). The first-order valence-corrected chi connectivity index (χ1v) is 7.06. The molecule has 3 rings (SSSR count). The number of nitrogens with zero attached hydrogens (tertiary/aromatic N) is 2. The van der Waals surface area contributed by atoms with E-state index in [2.05, 4.69) is 22.1 Å². The molecule has 1 aromatic heterocycles. The number of anilines is 1. The normalized spacial score (nSPS) is 13.8.